The van der Waals surface area contributed by atoms with E-state index in [2.05, 4.69) is 5.10 Å². The number of benzene rings is 1. The van der Waals surface area contributed by atoms with Crippen LogP contribution >= 0.6 is 0 Å². The van der Waals surface area contributed by atoms with Crippen LogP contribution in [0.5, 0.6) is 0 Å². The molecule has 0 saturated heterocycles. The summed E-state index contributed by atoms with van der Waals surface area (Å²) in [5.74, 6) is 0. The molecule has 0 radical (unpaired) electrons. The maximum Gasteiger partial charge on any atom is 0.278 e. The Kier molecular flexibility index (Phi) is 3.31. The van der Waals surface area contributed by atoms with Crippen molar-refractivity contribution in [1.29, 1.82) is 0 Å². The van der Waals surface area contributed by atoms with Gasteiger partial charge < -0.3 is 0 Å². The van der Waals surface area contributed by atoms with Gasteiger partial charge in [0.2, 0.25) is 6.41 Å². The molecule has 0 aromatic heterocycles. The van der Waals surface area contributed by atoms with Crippen LogP contribution < -0.4 is 5.43 Å². The van der Waals surface area contributed by atoms with Gasteiger partial charge in [0, 0.05) is 6.07 Å². The van der Waals surface area contributed by atoms with Crippen molar-refractivity contribution < 1.29 is 9.72 Å². The highest BCUT2D eigenvalue weighted by atomic mass is 16.6. The molecule has 72 valence electrons. The Labute approximate surface area is 79.4 Å². The molecule has 1 rings (SSSR count). The van der Waals surface area contributed by atoms with E-state index in [1.807, 2.05) is 5.43 Å². The summed E-state index contributed by atoms with van der Waals surface area (Å²) >= 11 is 0. The molecule has 0 saturated carbocycles. The van der Waals surface area contributed by atoms with E-state index < -0.39 is 4.92 Å². The van der Waals surface area contributed by atoms with Crippen molar-refractivity contribution in [1.82, 2.24) is 5.43 Å². The molecule has 0 fully saturated rings. The van der Waals surface area contributed by atoms with Crippen LogP contribution in [-0.4, -0.2) is 17.5 Å². The van der Waals surface area contributed by atoms with Crippen molar-refractivity contribution in [3.63, 3.8) is 0 Å². The van der Waals surface area contributed by atoms with E-state index in [1.165, 1.54) is 18.3 Å². The minimum absolute atomic E-state index is 0.0519. The molecule has 0 heterocycles. The van der Waals surface area contributed by atoms with Gasteiger partial charge in [-0.1, -0.05) is 12.1 Å². The average Bonchev–Trinajstić information content (AvgIpc) is 2.19. The van der Waals surface area contributed by atoms with Gasteiger partial charge in [0.1, 0.15) is 0 Å². The van der Waals surface area contributed by atoms with Crippen LogP contribution in [0.2, 0.25) is 0 Å². The second kappa shape index (κ2) is 4.70. The minimum atomic E-state index is -0.512. The van der Waals surface area contributed by atoms with E-state index in [0.717, 1.165) is 0 Å². The largest absolute Gasteiger partial charge is 0.278 e. The molecule has 0 aliphatic heterocycles. The van der Waals surface area contributed by atoms with Gasteiger partial charge in [-0.15, -0.1) is 0 Å². The number of carbonyl (C=O) groups excluding carboxylic acids is 1. The number of hydrogen-bond donors (Lipinski definition) is 1. The topological polar surface area (TPSA) is 84.6 Å². The van der Waals surface area contributed by atoms with Crippen LogP contribution in [0.3, 0.4) is 0 Å². The first kappa shape index (κ1) is 9.85. The summed E-state index contributed by atoms with van der Waals surface area (Å²) in [5, 5.41) is 14.0. The van der Waals surface area contributed by atoms with E-state index in [0.29, 0.717) is 12.0 Å². The first-order chi connectivity index (χ1) is 6.75. The van der Waals surface area contributed by atoms with Crippen molar-refractivity contribution >= 4 is 18.3 Å². The van der Waals surface area contributed by atoms with Gasteiger partial charge >= 0.3 is 0 Å². The standard InChI is InChI=1S/C8H7N3O3/c12-6-10-9-5-7-3-1-2-4-8(7)11(13)14/h1-6H,(H,10,12)/b9-5-. The summed E-state index contributed by atoms with van der Waals surface area (Å²) in [7, 11) is 0. The lowest BCUT2D eigenvalue weighted by Crippen LogP contribution is -2.01. The predicted molar refractivity (Wildman–Crippen MR) is 49.9 cm³/mol. The van der Waals surface area contributed by atoms with Gasteiger partial charge in [-0.25, -0.2) is 5.43 Å². The minimum Gasteiger partial charge on any atom is -0.277 e. The summed E-state index contributed by atoms with van der Waals surface area (Å²) in [4.78, 5) is 19.9. The van der Waals surface area contributed by atoms with Crippen molar-refractivity contribution in [2.45, 2.75) is 0 Å². The fourth-order valence-electron chi connectivity index (χ4n) is 0.900. The molecule has 0 bridgehead atoms. The van der Waals surface area contributed by atoms with Crippen molar-refractivity contribution in [3.8, 4) is 0 Å². The lowest BCUT2D eigenvalue weighted by Gasteiger charge is -1.94. The van der Waals surface area contributed by atoms with Crippen molar-refractivity contribution in [3.05, 3.63) is 39.9 Å². The zero-order valence-corrected chi connectivity index (χ0v) is 7.08. The lowest BCUT2D eigenvalue weighted by atomic mass is 10.2. The third kappa shape index (κ3) is 2.37. The van der Waals surface area contributed by atoms with E-state index in [9.17, 15) is 14.9 Å². The Morgan fingerprint density at radius 2 is 2.14 bits per heavy atom. The maximum atomic E-state index is 10.5. The Balaban J connectivity index is 2.95. The van der Waals surface area contributed by atoms with Gasteiger partial charge in [-0.2, -0.15) is 5.10 Å². The first-order valence-corrected chi connectivity index (χ1v) is 3.71. The smallest absolute Gasteiger partial charge is 0.277 e. The summed E-state index contributed by atoms with van der Waals surface area (Å²) in [6, 6.07) is 6.11. The van der Waals surface area contributed by atoms with E-state index in [4.69, 9.17) is 0 Å². The predicted octanol–water partition coefficient (Wildman–Crippen LogP) is 0.675. The highest BCUT2D eigenvalue weighted by Crippen LogP contribution is 2.14. The molecule has 1 N–H and O–H groups in total. The molecule has 14 heavy (non-hydrogen) atoms. The summed E-state index contributed by atoms with van der Waals surface area (Å²) in [6.07, 6.45) is 1.60. The van der Waals surface area contributed by atoms with Crippen molar-refractivity contribution in [2.75, 3.05) is 0 Å². The monoisotopic (exact) mass is 193 g/mol. The lowest BCUT2D eigenvalue weighted by molar-refractivity contribution is -0.385. The molecule has 6 nitrogen and oxygen atoms in total. The van der Waals surface area contributed by atoms with Crippen LogP contribution in [-0.2, 0) is 4.79 Å². The Morgan fingerprint density at radius 1 is 1.43 bits per heavy atom. The second-order valence-electron chi connectivity index (χ2n) is 2.32. The van der Waals surface area contributed by atoms with Crippen molar-refractivity contribution in [2.24, 2.45) is 5.10 Å². The fourth-order valence-corrected chi connectivity index (χ4v) is 0.900. The Bertz CT molecular complexity index is 376. The average molecular weight is 193 g/mol. The fraction of sp³-hybridized carbons (Fsp3) is 0. The molecule has 0 aliphatic rings. The molecular formula is C8H7N3O3. The Hall–Kier alpha value is -2.24. The van der Waals surface area contributed by atoms with Crippen LogP contribution in [0.15, 0.2) is 29.4 Å². The molecule has 1 aromatic carbocycles. The summed E-state index contributed by atoms with van der Waals surface area (Å²) < 4.78 is 0. The number of rotatable bonds is 4. The van der Waals surface area contributed by atoms with Crippen LogP contribution in [0.1, 0.15) is 5.56 Å². The number of nitro groups is 1. The third-order valence-corrected chi connectivity index (χ3v) is 1.46. The maximum absolute atomic E-state index is 10.5. The number of carbonyl (C=O) groups is 1. The number of nitrogens with zero attached hydrogens (tertiary/aromatic N) is 2. The summed E-state index contributed by atoms with van der Waals surface area (Å²) in [5.41, 5.74) is 2.32. The molecule has 0 spiro atoms. The molecule has 0 atom stereocenters. The highest BCUT2D eigenvalue weighted by molar-refractivity contribution is 5.85. The quantitative estimate of drug-likeness (QED) is 0.330. The molecule has 1 amide bonds. The second-order valence-corrected chi connectivity index (χ2v) is 2.32. The van der Waals surface area contributed by atoms with Gasteiger partial charge in [0.25, 0.3) is 5.69 Å². The molecule has 6 heteroatoms. The number of hydrazone groups is 1. The van der Waals surface area contributed by atoms with Gasteiger partial charge in [-0.3, -0.25) is 14.9 Å². The Morgan fingerprint density at radius 3 is 2.79 bits per heavy atom. The number of nitrogens with one attached hydrogen (secondary N) is 1. The van der Waals surface area contributed by atoms with E-state index in [-0.39, 0.29) is 5.69 Å². The SMILES string of the molecule is O=CN/N=C\c1ccccc1[N+](=O)[O-]. The number of nitro benzene ring substituents is 1. The number of para-hydroxylation sites is 1. The van der Waals surface area contributed by atoms with Gasteiger partial charge in [0.05, 0.1) is 16.7 Å². The van der Waals surface area contributed by atoms with Crippen LogP contribution in [0.25, 0.3) is 0 Å². The van der Waals surface area contributed by atoms with Gasteiger partial charge in [-0.05, 0) is 6.07 Å². The molecular weight excluding hydrogens is 186 g/mol. The van der Waals surface area contributed by atoms with Crippen LogP contribution in [0, 0.1) is 10.1 Å². The highest BCUT2D eigenvalue weighted by Gasteiger charge is 2.09. The normalized spacial score (nSPS) is 10.0. The van der Waals surface area contributed by atoms with Gasteiger partial charge in [0.15, 0.2) is 0 Å². The molecule has 1 aromatic rings. The molecule has 0 aliphatic carbocycles. The first-order valence-electron chi connectivity index (χ1n) is 3.71. The van der Waals surface area contributed by atoms with E-state index >= 15 is 0 Å². The number of hydrogen-bond acceptors (Lipinski definition) is 4. The molecule has 0 unspecified atom stereocenters. The van der Waals surface area contributed by atoms with E-state index in [1.54, 1.807) is 12.1 Å². The van der Waals surface area contributed by atoms with Crippen LogP contribution in [0.4, 0.5) is 5.69 Å². The zero-order valence-electron chi connectivity index (χ0n) is 7.08. The summed E-state index contributed by atoms with van der Waals surface area (Å²) in [6.45, 7) is 0. The zero-order chi connectivity index (χ0) is 10.4. The third-order valence-electron chi connectivity index (χ3n) is 1.46. The number of amides is 1.